The van der Waals surface area contributed by atoms with Gasteiger partial charge in [-0.3, -0.25) is 4.99 Å². The molecule has 0 bridgehead atoms. The minimum atomic E-state index is -3.81. The molecule has 1 aliphatic heterocycles. The summed E-state index contributed by atoms with van der Waals surface area (Å²) in [4.78, 5) is 5.75. The molecule has 10 heteroatoms. The minimum absolute atomic E-state index is 0.0322. The molecule has 1 aromatic carbocycles. The van der Waals surface area contributed by atoms with Crippen molar-refractivity contribution in [2.45, 2.75) is 4.90 Å². The lowest BCUT2D eigenvalue weighted by Crippen LogP contribution is -2.30. The highest BCUT2D eigenvalue weighted by Gasteiger charge is 2.32. The lowest BCUT2D eigenvalue weighted by molar-refractivity contribution is 0.552. The van der Waals surface area contributed by atoms with Gasteiger partial charge < -0.3 is 4.90 Å². The Morgan fingerprint density at radius 3 is 2.83 bits per heavy atom. The zero-order valence-corrected chi connectivity index (χ0v) is 13.6. The fraction of sp³-hybridized carbons (Fsp3) is 0.231. The number of tetrazole rings is 1. The Balaban J connectivity index is 2.07. The third kappa shape index (κ3) is 2.07. The van der Waals surface area contributed by atoms with E-state index in [1.54, 1.807) is 36.2 Å². The highest BCUT2D eigenvalue weighted by atomic mass is 35.5. The van der Waals surface area contributed by atoms with Gasteiger partial charge in [-0.1, -0.05) is 17.7 Å². The van der Waals surface area contributed by atoms with Gasteiger partial charge >= 0.3 is 0 Å². The summed E-state index contributed by atoms with van der Waals surface area (Å²) >= 11 is 6.01. The van der Waals surface area contributed by atoms with Crippen LogP contribution in [-0.2, 0) is 9.84 Å². The van der Waals surface area contributed by atoms with Crippen LogP contribution in [0.2, 0.25) is 5.02 Å². The molecule has 0 N–H and O–H groups in total. The van der Waals surface area contributed by atoms with Crippen LogP contribution in [0.5, 0.6) is 0 Å². The van der Waals surface area contributed by atoms with Crippen LogP contribution >= 0.6 is 11.6 Å². The second-order valence-corrected chi connectivity index (χ2v) is 7.46. The fourth-order valence-corrected chi connectivity index (χ4v) is 4.40. The van der Waals surface area contributed by atoms with Crippen LogP contribution < -0.4 is 0 Å². The van der Waals surface area contributed by atoms with E-state index in [4.69, 9.17) is 11.6 Å². The van der Waals surface area contributed by atoms with Crippen molar-refractivity contribution in [1.82, 2.24) is 24.9 Å². The summed E-state index contributed by atoms with van der Waals surface area (Å²) in [6.07, 6.45) is 0. The number of halogens is 1. The summed E-state index contributed by atoms with van der Waals surface area (Å²) in [5.74, 6) is 0. The van der Waals surface area contributed by atoms with E-state index in [1.165, 1.54) is 4.52 Å². The number of rotatable bonds is 1. The molecule has 3 heterocycles. The zero-order valence-electron chi connectivity index (χ0n) is 12.0. The van der Waals surface area contributed by atoms with E-state index in [-0.39, 0.29) is 15.7 Å². The predicted molar refractivity (Wildman–Crippen MR) is 85.4 cm³/mol. The predicted octanol–water partition coefficient (Wildman–Crippen LogP) is 1.01. The van der Waals surface area contributed by atoms with Crippen molar-refractivity contribution in [3.63, 3.8) is 0 Å². The average molecular weight is 351 g/mol. The number of hydrogen-bond donors (Lipinski definition) is 0. The molecule has 3 aromatic rings. The molecule has 2 aromatic heterocycles. The van der Waals surface area contributed by atoms with Gasteiger partial charge in [0, 0.05) is 24.0 Å². The molecule has 0 radical (unpaired) electrons. The van der Waals surface area contributed by atoms with Gasteiger partial charge in [-0.2, -0.15) is 4.52 Å². The first-order chi connectivity index (χ1) is 11.0. The number of sulfone groups is 1. The Labute approximate surface area is 136 Å². The molecule has 8 nitrogen and oxygen atoms in total. The number of amidine groups is 1. The first kappa shape index (κ1) is 14.3. The fourth-order valence-electron chi connectivity index (χ4n) is 2.63. The van der Waals surface area contributed by atoms with E-state index in [2.05, 4.69) is 20.5 Å². The maximum Gasteiger partial charge on any atom is 0.243 e. The number of pyridine rings is 1. The lowest BCUT2D eigenvalue weighted by atomic mass is 10.2. The van der Waals surface area contributed by atoms with Crippen molar-refractivity contribution in [2.24, 2.45) is 4.99 Å². The Kier molecular flexibility index (Phi) is 3.03. The first-order valence-electron chi connectivity index (χ1n) is 6.79. The summed E-state index contributed by atoms with van der Waals surface area (Å²) < 4.78 is 27.3. The molecule has 1 aliphatic rings. The van der Waals surface area contributed by atoms with Gasteiger partial charge in [0.2, 0.25) is 15.0 Å². The molecule has 0 saturated carbocycles. The van der Waals surface area contributed by atoms with Crippen molar-refractivity contribution in [2.75, 3.05) is 20.1 Å². The number of fused-ring (bicyclic) bond motifs is 3. The van der Waals surface area contributed by atoms with Crippen LogP contribution in [0, 0.1) is 0 Å². The van der Waals surface area contributed by atoms with Gasteiger partial charge in [-0.25, -0.2) is 8.42 Å². The van der Waals surface area contributed by atoms with Crippen LogP contribution in [0.25, 0.3) is 16.6 Å². The van der Waals surface area contributed by atoms with Gasteiger partial charge in [0.05, 0.1) is 12.1 Å². The van der Waals surface area contributed by atoms with E-state index in [9.17, 15) is 8.42 Å². The molecule has 0 amide bonds. The quantitative estimate of drug-likeness (QED) is 0.650. The molecule has 0 fully saturated rings. The number of hydrogen-bond acceptors (Lipinski definition) is 7. The number of aromatic nitrogens is 4. The second kappa shape index (κ2) is 4.87. The standard InChI is InChI=1S/C13H11ClN6O2S/c1-19-5-4-15-13(19)23(21,22)11-6-8-2-3-9(14)7-10(8)20-12(11)16-17-18-20/h2-3,6-7H,4-5H2,1H3. The van der Waals surface area contributed by atoms with Crippen LogP contribution in [0.15, 0.2) is 34.2 Å². The van der Waals surface area contributed by atoms with Crippen molar-refractivity contribution < 1.29 is 8.42 Å². The second-order valence-electron chi connectivity index (χ2n) is 5.22. The zero-order chi connectivity index (χ0) is 16.2. The molecule has 0 unspecified atom stereocenters. The SMILES string of the molecule is CN1CCN=C1S(=O)(=O)c1cc2ccc(Cl)cc2n2nnnc12. The highest BCUT2D eigenvalue weighted by molar-refractivity contribution is 8.06. The molecule has 0 atom stereocenters. The summed E-state index contributed by atoms with van der Waals surface area (Å²) in [6.45, 7) is 1.02. The highest BCUT2D eigenvalue weighted by Crippen LogP contribution is 2.27. The van der Waals surface area contributed by atoms with Crippen LogP contribution in [0.4, 0.5) is 0 Å². The van der Waals surface area contributed by atoms with Gasteiger partial charge in [-0.15, -0.1) is 5.10 Å². The molecular formula is C13H11ClN6O2S. The van der Waals surface area contributed by atoms with E-state index in [0.717, 1.165) is 0 Å². The summed E-state index contributed by atoms with van der Waals surface area (Å²) in [6, 6.07) is 6.67. The number of aliphatic imine (C=N–C) groups is 1. The van der Waals surface area contributed by atoms with E-state index in [1.807, 2.05) is 0 Å². The number of likely N-dealkylation sites (N-methyl/N-ethyl adjacent to an activating group) is 1. The summed E-state index contributed by atoms with van der Waals surface area (Å²) in [5.41, 5.74) is 0.793. The van der Waals surface area contributed by atoms with E-state index >= 15 is 0 Å². The largest absolute Gasteiger partial charge is 0.348 e. The minimum Gasteiger partial charge on any atom is -0.348 e. The van der Waals surface area contributed by atoms with Crippen LogP contribution in [-0.4, -0.2) is 58.7 Å². The van der Waals surface area contributed by atoms with Crippen molar-refractivity contribution in [1.29, 1.82) is 0 Å². The number of benzene rings is 1. The lowest BCUT2D eigenvalue weighted by Gasteiger charge is -2.14. The van der Waals surface area contributed by atoms with E-state index < -0.39 is 9.84 Å². The third-order valence-electron chi connectivity index (χ3n) is 3.74. The molecular weight excluding hydrogens is 340 g/mol. The number of nitrogens with zero attached hydrogens (tertiary/aromatic N) is 6. The van der Waals surface area contributed by atoms with Crippen LogP contribution in [0.1, 0.15) is 0 Å². The molecule has 0 spiro atoms. The van der Waals surface area contributed by atoms with Gasteiger partial charge in [-0.05, 0) is 28.6 Å². The summed E-state index contributed by atoms with van der Waals surface area (Å²) in [5, 5.41) is 12.6. The molecule has 23 heavy (non-hydrogen) atoms. The van der Waals surface area contributed by atoms with Crippen molar-refractivity contribution in [3.8, 4) is 0 Å². The van der Waals surface area contributed by atoms with Crippen LogP contribution in [0.3, 0.4) is 0 Å². The van der Waals surface area contributed by atoms with Gasteiger partial charge in [0.1, 0.15) is 4.90 Å². The molecule has 118 valence electrons. The third-order valence-corrected chi connectivity index (χ3v) is 5.77. The Hall–Kier alpha value is -2.26. The van der Waals surface area contributed by atoms with Crippen molar-refractivity contribution in [3.05, 3.63) is 29.3 Å². The van der Waals surface area contributed by atoms with E-state index in [0.29, 0.717) is 29.0 Å². The Morgan fingerprint density at radius 2 is 2.09 bits per heavy atom. The average Bonchev–Trinajstić information content (AvgIpc) is 3.15. The molecule has 0 saturated heterocycles. The Bertz CT molecular complexity index is 1070. The van der Waals surface area contributed by atoms with Crippen molar-refractivity contribution >= 4 is 43.2 Å². The summed E-state index contributed by atoms with van der Waals surface area (Å²) in [7, 11) is -2.11. The molecule has 0 aliphatic carbocycles. The first-order valence-corrected chi connectivity index (χ1v) is 8.65. The van der Waals surface area contributed by atoms with Gasteiger partial charge in [0.25, 0.3) is 0 Å². The monoisotopic (exact) mass is 350 g/mol. The van der Waals surface area contributed by atoms with Gasteiger partial charge in [0.15, 0.2) is 5.65 Å². The Morgan fingerprint density at radius 1 is 1.26 bits per heavy atom. The topological polar surface area (TPSA) is 92.8 Å². The maximum atomic E-state index is 13.0. The molecule has 4 rings (SSSR count). The smallest absolute Gasteiger partial charge is 0.243 e. The maximum absolute atomic E-state index is 13.0. The normalized spacial score (nSPS) is 15.6.